The molecule has 238 valence electrons. The number of hydrogen-bond acceptors (Lipinski definition) is 6. The van der Waals surface area contributed by atoms with Gasteiger partial charge in [-0.05, 0) is 24.3 Å². The van der Waals surface area contributed by atoms with E-state index in [2.05, 4.69) is 93.0 Å². The van der Waals surface area contributed by atoms with E-state index in [9.17, 15) is 0 Å². The number of aromatic nitrogens is 7. The Morgan fingerprint density at radius 1 is 0.471 bits per heavy atom. The normalized spacial score (nSPS) is 11.9. The van der Waals surface area contributed by atoms with Crippen LogP contribution >= 0.6 is 11.3 Å². The second-order valence-corrected chi connectivity index (χ2v) is 13.5. The molecule has 0 N–H and O–H groups in total. The van der Waals surface area contributed by atoms with Crippen LogP contribution in [-0.2, 0) is 0 Å². The molecule has 8 heteroatoms. The van der Waals surface area contributed by atoms with E-state index in [4.69, 9.17) is 19.9 Å². The highest BCUT2D eigenvalue weighted by Gasteiger charge is 2.28. The largest absolute Gasteiger partial charge is 0.308 e. The highest BCUT2D eigenvalue weighted by atomic mass is 32.1. The molecule has 0 unspecified atom stereocenters. The van der Waals surface area contributed by atoms with Gasteiger partial charge in [-0.25, -0.2) is 15.0 Å². The Kier molecular flexibility index (Phi) is 5.99. The molecule has 0 fully saturated rings. The average molecular weight is 672 g/mol. The Bertz CT molecular complexity index is 3070. The first-order valence-electron chi connectivity index (χ1n) is 16.8. The molecule has 11 aromatic rings. The van der Waals surface area contributed by atoms with E-state index in [0.29, 0.717) is 17.6 Å². The number of thiophene rings is 1. The molecule has 0 aliphatic rings. The smallest absolute Gasteiger partial charge is 0.238 e. The van der Waals surface area contributed by atoms with Gasteiger partial charge in [-0.15, -0.1) is 11.3 Å². The van der Waals surface area contributed by atoms with Gasteiger partial charge in [-0.2, -0.15) is 9.97 Å². The van der Waals surface area contributed by atoms with Crippen LogP contribution in [0.4, 0.5) is 0 Å². The zero-order valence-electron chi connectivity index (χ0n) is 27.0. The highest BCUT2D eigenvalue weighted by molar-refractivity contribution is 7.26. The van der Waals surface area contributed by atoms with Gasteiger partial charge in [0.15, 0.2) is 11.6 Å². The van der Waals surface area contributed by atoms with Crippen molar-refractivity contribution in [2.24, 2.45) is 0 Å². The quantitative estimate of drug-likeness (QED) is 0.186. The molecule has 0 amide bonds. The Morgan fingerprint density at radius 2 is 1.04 bits per heavy atom. The minimum absolute atomic E-state index is 0.557. The Morgan fingerprint density at radius 3 is 1.71 bits per heavy atom. The van der Waals surface area contributed by atoms with Crippen LogP contribution in [-0.4, -0.2) is 34.1 Å². The fraction of sp³-hybridized carbons (Fsp3) is 0. The maximum Gasteiger partial charge on any atom is 0.238 e. The first-order chi connectivity index (χ1) is 25.3. The van der Waals surface area contributed by atoms with Gasteiger partial charge in [-0.1, -0.05) is 115 Å². The number of fused-ring (bicyclic) bond motifs is 12. The number of benzene rings is 6. The molecule has 0 atom stereocenters. The van der Waals surface area contributed by atoms with Gasteiger partial charge >= 0.3 is 0 Å². The van der Waals surface area contributed by atoms with E-state index < -0.39 is 0 Å². The lowest BCUT2D eigenvalue weighted by molar-refractivity contribution is 0.955. The third-order valence-electron chi connectivity index (χ3n) is 9.72. The van der Waals surface area contributed by atoms with Crippen molar-refractivity contribution in [3.63, 3.8) is 0 Å². The number of hydrogen-bond donors (Lipinski definition) is 0. The molecule has 0 saturated carbocycles. The third-order valence-corrected chi connectivity index (χ3v) is 10.8. The predicted molar refractivity (Wildman–Crippen MR) is 208 cm³/mol. The summed E-state index contributed by atoms with van der Waals surface area (Å²) in [4.78, 5) is 25.8. The van der Waals surface area contributed by atoms with Crippen molar-refractivity contribution in [2.45, 2.75) is 0 Å². The summed E-state index contributed by atoms with van der Waals surface area (Å²) in [5, 5.41) is 6.69. The highest BCUT2D eigenvalue weighted by Crippen LogP contribution is 2.50. The number of nitrogens with zero attached hydrogens (tertiary/aromatic N) is 7. The van der Waals surface area contributed by atoms with Crippen molar-refractivity contribution < 1.29 is 0 Å². The Hall–Kier alpha value is -6.77. The molecule has 0 spiro atoms. The topological polar surface area (TPSA) is 74.3 Å². The van der Waals surface area contributed by atoms with E-state index >= 15 is 0 Å². The van der Waals surface area contributed by atoms with E-state index in [1.807, 2.05) is 66.9 Å². The molecular formula is C43H25N7S. The number of para-hydroxylation sites is 3. The monoisotopic (exact) mass is 671 g/mol. The summed E-state index contributed by atoms with van der Waals surface area (Å²) in [5.74, 6) is 1.79. The van der Waals surface area contributed by atoms with Crippen LogP contribution in [0.2, 0.25) is 0 Å². The molecule has 5 aromatic heterocycles. The lowest BCUT2D eigenvalue weighted by Crippen LogP contribution is -2.06. The van der Waals surface area contributed by atoms with Crippen LogP contribution in [0, 0.1) is 0 Å². The van der Waals surface area contributed by atoms with Gasteiger partial charge in [-0.3, -0.25) is 4.57 Å². The van der Waals surface area contributed by atoms with Crippen LogP contribution in [0.25, 0.3) is 98.3 Å². The summed E-state index contributed by atoms with van der Waals surface area (Å²) in [5.41, 5.74) is 7.24. The molecule has 0 bridgehead atoms. The van der Waals surface area contributed by atoms with Gasteiger partial charge in [0.25, 0.3) is 0 Å². The summed E-state index contributed by atoms with van der Waals surface area (Å²) in [7, 11) is 0. The van der Waals surface area contributed by atoms with Crippen LogP contribution in [0.3, 0.4) is 0 Å². The molecule has 5 heterocycles. The lowest BCUT2D eigenvalue weighted by Gasteiger charge is -2.12. The van der Waals surface area contributed by atoms with Crippen LogP contribution < -0.4 is 0 Å². The Balaban J connectivity index is 1.41. The molecule has 11 rings (SSSR count). The summed E-state index contributed by atoms with van der Waals surface area (Å²) in [6, 6.07) is 48.2. The predicted octanol–water partition coefficient (Wildman–Crippen LogP) is 10.6. The Labute approximate surface area is 294 Å². The van der Waals surface area contributed by atoms with E-state index in [0.717, 1.165) is 76.0 Å². The molecule has 7 nitrogen and oxygen atoms in total. The van der Waals surface area contributed by atoms with Crippen LogP contribution in [0.5, 0.6) is 0 Å². The summed E-state index contributed by atoms with van der Waals surface area (Å²) >= 11 is 1.72. The van der Waals surface area contributed by atoms with Crippen molar-refractivity contribution in [1.82, 2.24) is 34.1 Å². The SMILES string of the molecule is c1ccc(-c2nc(-c3ccccc3)nc(-n3c4ccccc4c4c5c6cncnc6sc5c5c(c6ccccc6n5-c5ccccc5)c43)n2)cc1. The minimum atomic E-state index is 0.557. The van der Waals surface area contributed by atoms with Gasteiger partial charge in [0.2, 0.25) is 5.95 Å². The standard InChI is InChI=1S/C43H25N7S/c1-4-14-26(15-5-1)40-46-41(27-16-6-2-7-17-27)48-43(47-40)50-33-23-13-10-20-29(33)34-35-31-24-44-25-45-42(31)51-39(35)38-36(37(34)50)30-21-11-12-22-32(30)49(38)28-18-8-3-9-19-28/h1-25H. The minimum Gasteiger partial charge on any atom is -0.308 e. The molecule has 0 aliphatic heterocycles. The van der Waals surface area contributed by atoms with Crippen molar-refractivity contribution >= 4 is 75.3 Å². The molecule has 0 radical (unpaired) electrons. The fourth-order valence-electron chi connectivity index (χ4n) is 7.63. The summed E-state index contributed by atoms with van der Waals surface area (Å²) in [6.45, 7) is 0. The summed E-state index contributed by atoms with van der Waals surface area (Å²) in [6.07, 6.45) is 3.60. The van der Waals surface area contributed by atoms with Crippen molar-refractivity contribution in [1.29, 1.82) is 0 Å². The van der Waals surface area contributed by atoms with E-state index in [1.54, 1.807) is 17.7 Å². The molecule has 0 saturated heterocycles. The van der Waals surface area contributed by atoms with Crippen LogP contribution in [0.1, 0.15) is 0 Å². The molecule has 6 aromatic carbocycles. The third kappa shape index (κ3) is 4.08. The summed E-state index contributed by atoms with van der Waals surface area (Å²) < 4.78 is 5.82. The van der Waals surface area contributed by atoms with Crippen molar-refractivity contribution in [3.05, 3.63) is 152 Å². The van der Waals surface area contributed by atoms with E-state index in [-0.39, 0.29) is 0 Å². The van der Waals surface area contributed by atoms with Gasteiger partial charge in [0.05, 0.1) is 26.8 Å². The maximum absolute atomic E-state index is 5.27. The second kappa shape index (κ2) is 10.9. The van der Waals surface area contributed by atoms with Crippen molar-refractivity contribution in [2.75, 3.05) is 0 Å². The maximum atomic E-state index is 5.27. The average Bonchev–Trinajstić information content (AvgIpc) is 3.87. The lowest BCUT2D eigenvalue weighted by atomic mass is 10.0. The zero-order valence-corrected chi connectivity index (χ0v) is 27.8. The first kappa shape index (κ1) is 28.1. The van der Waals surface area contributed by atoms with E-state index in [1.165, 1.54) is 4.70 Å². The molecule has 51 heavy (non-hydrogen) atoms. The van der Waals surface area contributed by atoms with Crippen LogP contribution in [0.15, 0.2) is 152 Å². The molecule has 0 aliphatic carbocycles. The second-order valence-electron chi connectivity index (χ2n) is 12.6. The van der Waals surface area contributed by atoms with Gasteiger partial charge in [0.1, 0.15) is 11.2 Å². The van der Waals surface area contributed by atoms with Gasteiger partial charge < -0.3 is 4.57 Å². The fourth-order valence-corrected chi connectivity index (χ4v) is 8.79. The van der Waals surface area contributed by atoms with Gasteiger partial charge in [0, 0.05) is 55.3 Å². The first-order valence-corrected chi connectivity index (χ1v) is 17.6. The zero-order chi connectivity index (χ0) is 33.5. The van der Waals surface area contributed by atoms with Crippen molar-refractivity contribution in [3.8, 4) is 34.4 Å². The number of rotatable bonds is 4. The molecular weight excluding hydrogens is 647 g/mol.